The molecule has 2 nitrogen and oxygen atoms in total. The van der Waals surface area contributed by atoms with E-state index in [9.17, 15) is 4.79 Å². The summed E-state index contributed by atoms with van der Waals surface area (Å²) >= 11 is 0. The third-order valence-electron chi connectivity index (χ3n) is 1.05. The van der Waals surface area contributed by atoms with Crippen molar-refractivity contribution in [2.75, 3.05) is 0 Å². The molecule has 0 aliphatic heterocycles. The van der Waals surface area contributed by atoms with Crippen LogP contribution in [0.1, 0.15) is 6.42 Å². The zero-order valence-electron chi connectivity index (χ0n) is 5.29. The van der Waals surface area contributed by atoms with Gasteiger partial charge in [0.1, 0.15) is 0 Å². The van der Waals surface area contributed by atoms with Crippen LogP contribution in [0, 0.1) is 0 Å². The molecule has 0 atom stereocenters. The van der Waals surface area contributed by atoms with E-state index in [4.69, 9.17) is 5.11 Å². The van der Waals surface area contributed by atoms with Crippen molar-refractivity contribution in [1.29, 1.82) is 0 Å². The maximum absolute atomic E-state index is 10.1. The first-order valence-corrected chi connectivity index (χ1v) is 2.39. The summed E-state index contributed by atoms with van der Waals surface area (Å²) in [5.41, 5.74) is 0.477. The quantitative estimate of drug-likeness (QED) is 0.531. The molecule has 1 rings (SSSR count). The molecule has 1 aliphatic carbocycles. The molecule has 3 heteroatoms. The van der Waals surface area contributed by atoms with Gasteiger partial charge in [-0.3, -0.25) is 0 Å². The number of carboxylic acid groups (broad SMARTS) is 1. The van der Waals surface area contributed by atoms with Crippen molar-refractivity contribution in [1.82, 2.24) is 0 Å². The van der Waals surface area contributed by atoms with Gasteiger partial charge in [0.2, 0.25) is 0 Å². The van der Waals surface area contributed by atoms with Gasteiger partial charge in [-0.05, 0) is 6.42 Å². The molecule has 0 amide bonds. The number of hydrogen-bond donors (Lipinski definition) is 1. The molecule has 1 aliphatic rings. The van der Waals surface area contributed by atoms with Crippen LogP contribution in [0.15, 0.2) is 23.8 Å². The maximum Gasteiger partial charge on any atom is 0.331 e. The minimum atomic E-state index is -0.810. The van der Waals surface area contributed by atoms with Gasteiger partial charge in [0.25, 0.3) is 0 Å². The molecule has 0 unspecified atom stereocenters. The molecule has 0 aromatic carbocycles. The first-order valence-electron chi connectivity index (χ1n) is 2.39. The minimum absolute atomic E-state index is 0. The molecular formula is C6H6NaO2. The average Bonchev–Trinajstić information content (AvgIpc) is 2.12. The first kappa shape index (κ1) is 8.95. The zero-order valence-corrected chi connectivity index (χ0v) is 7.29. The number of hydrogen-bond acceptors (Lipinski definition) is 1. The van der Waals surface area contributed by atoms with Gasteiger partial charge in [-0.25, -0.2) is 4.79 Å². The summed E-state index contributed by atoms with van der Waals surface area (Å²) in [5.74, 6) is -0.810. The molecule has 0 bridgehead atoms. The summed E-state index contributed by atoms with van der Waals surface area (Å²) in [6.45, 7) is 0. The molecule has 1 radical (unpaired) electrons. The topological polar surface area (TPSA) is 37.3 Å². The van der Waals surface area contributed by atoms with Crippen LogP contribution in [-0.2, 0) is 4.79 Å². The Morgan fingerprint density at radius 1 is 1.67 bits per heavy atom. The van der Waals surface area contributed by atoms with E-state index < -0.39 is 5.97 Å². The van der Waals surface area contributed by atoms with Crippen molar-refractivity contribution in [3.8, 4) is 0 Å². The number of carboxylic acids is 1. The largest absolute Gasteiger partial charge is 0.478 e. The predicted molar refractivity (Wildman–Crippen MR) is 35.2 cm³/mol. The number of carbonyl (C=O) groups is 1. The van der Waals surface area contributed by atoms with Gasteiger partial charge in [-0.15, -0.1) is 0 Å². The van der Waals surface area contributed by atoms with Crippen molar-refractivity contribution in [2.24, 2.45) is 0 Å². The third-order valence-corrected chi connectivity index (χ3v) is 1.05. The summed E-state index contributed by atoms with van der Waals surface area (Å²) in [7, 11) is 0. The fourth-order valence-electron chi connectivity index (χ4n) is 0.606. The SMILES string of the molecule is O=C(O)C1=CC=CC1.[Na]. The second-order valence-corrected chi connectivity index (χ2v) is 1.63. The van der Waals surface area contributed by atoms with Gasteiger partial charge >= 0.3 is 5.97 Å². The molecule has 0 fully saturated rings. The van der Waals surface area contributed by atoms with Crippen molar-refractivity contribution in [2.45, 2.75) is 6.42 Å². The van der Waals surface area contributed by atoms with Crippen LogP contribution in [0.5, 0.6) is 0 Å². The Kier molecular flexibility index (Phi) is 3.86. The molecule has 0 heterocycles. The van der Waals surface area contributed by atoms with Crippen molar-refractivity contribution in [3.63, 3.8) is 0 Å². The van der Waals surface area contributed by atoms with Crippen LogP contribution in [0.4, 0.5) is 0 Å². The van der Waals surface area contributed by atoms with Gasteiger partial charge in [0.05, 0.1) is 0 Å². The van der Waals surface area contributed by atoms with E-state index >= 15 is 0 Å². The van der Waals surface area contributed by atoms with Crippen LogP contribution in [-0.4, -0.2) is 40.6 Å². The number of allylic oxidation sites excluding steroid dienone is 3. The number of rotatable bonds is 1. The van der Waals surface area contributed by atoms with E-state index in [0.29, 0.717) is 12.0 Å². The summed E-state index contributed by atoms with van der Waals surface area (Å²) < 4.78 is 0. The van der Waals surface area contributed by atoms with Gasteiger partial charge < -0.3 is 5.11 Å². The summed E-state index contributed by atoms with van der Waals surface area (Å²) in [4.78, 5) is 10.1. The van der Waals surface area contributed by atoms with Gasteiger partial charge in [0, 0.05) is 35.1 Å². The molecule has 0 aromatic rings. The predicted octanol–water partition coefficient (Wildman–Crippen LogP) is 0.577. The van der Waals surface area contributed by atoms with Gasteiger partial charge in [-0.1, -0.05) is 18.2 Å². The fourth-order valence-corrected chi connectivity index (χ4v) is 0.606. The van der Waals surface area contributed by atoms with E-state index in [1.54, 1.807) is 12.2 Å². The van der Waals surface area contributed by atoms with E-state index in [-0.39, 0.29) is 29.6 Å². The molecular weight excluding hydrogens is 127 g/mol. The monoisotopic (exact) mass is 133 g/mol. The van der Waals surface area contributed by atoms with Crippen LogP contribution < -0.4 is 0 Å². The fraction of sp³-hybridized carbons (Fsp3) is 0.167. The molecule has 1 N–H and O–H groups in total. The molecule has 0 aromatic heterocycles. The first-order chi connectivity index (χ1) is 3.80. The van der Waals surface area contributed by atoms with Crippen LogP contribution in [0.2, 0.25) is 0 Å². The van der Waals surface area contributed by atoms with E-state index in [2.05, 4.69) is 0 Å². The van der Waals surface area contributed by atoms with Gasteiger partial charge in [0.15, 0.2) is 0 Å². The molecule has 0 spiro atoms. The molecule has 0 saturated heterocycles. The summed E-state index contributed by atoms with van der Waals surface area (Å²) in [6.07, 6.45) is 5.77. The van der Waals surface area contributed by atoms with Crippen LogP contribution in [0.25, 0.3) is 0 Å². The number of aliphatic carboxylic acids is 1. The van der Waals surface area contributed by atoms with Gasteiger partial charge in [-0.2, -0.15) is 0 Å². The van der Waals surface area contributed by atoms with Crippen molar-refractivity contribution in [3.05, 3.63) is 23.8 Å². The Hall–Kier alpha value is -0.0500. The molecule has 0 saturated carbocycles. The second kappa shape index (κ2) is 3.88. The Morgan fingerprint density at radius 2 is 2.33 bits per heavy atom. The van der Waals surface area contributed by atoms with Crippen molar-refractivity contribution >= 4 is 35.5 Å². The standard InChI is InChI=1S/C6H6O2.Na/c7-6(8)5-3-1-2-4-5;/h1-3H,4H2,(H,7,8);. The Bertz CT molecular complexity index is 170. The normalized spacial score (nSPS) is 14.4. The summed E-state index contributed by atoms with van der Waals surface area (Å²) in [6, 6.07) is 0. The van der Waals surface area contributed by atoms with Crippen LogP contribution >= 0.6 is 0 Å². The summed E-state index contributed by atoms with van der Waals surface area (Å²) in [5, 5.41) is 8.30. The maximum atomic E-state index is 10.1. The Morgan fingerprint density at radius 3 is 2.56 bits per heavy atom. The van der Waals surface area contributed by atoms with E-state index in [0.717, 1.165) is 0 Å². The Balaban J connectivity index is 0.000000640. The average molecular weight is 133 g/mol. The smallest absolute Gasteiger partial charge is 0.331 e. The third kappa shape index (κ3) is 2.35. The molecule has 9 heavy (non-hydrogen) atoms. The van der Waals surface area contributed by atoms with Crippen LogP contribution in [0.3, 0.4) is 0 Å². The molecule has 43 valence electrons. The minimum Gasteiger partial charge on any atom is -0.478 e. The Labute approximate surface area is 75.5 Å². The van der Waals surface area contributed by atoms with E-state index in [1.165, 1.54) is 0 Å². The zero-order chi connectivity index (χ0) is 5.98. The van der Waals surface area contributed by atoms with Crippen molar-refractivity contribution < 1.29 is 9.90 Å². The van der Waals surface area contributed by atoms with E-state index in [1.807, 2.05) is 6.08 Å². The second-order valence-electron chi connectivity index (χ2n) is 1.63.